The van der Waals surface area contributed by atoms with Crippen LogP contribution < -0.4 is 19.9 Å². The maximum absolute atomic E-state index is 14.5. The maximum atomic E-state index is 14.5. The molecular formula is C60H67N11O7S. The number of rotatable bonds is 14. The summed E-state index contributed by atoms with van der Waals surface area (Å²) in [6.45, 7) is 16.1. The molecule has 7 aromatic rings. The highest BCUT2D eigenvalue weighted by atomic mass is 32.1. The monoisotopic (exact) mass is 1090 g/mol. The molecule has 1 aliphatic carbocycles. The second kappa shape index (κ2) is 20.2. The first-order valence-electron chi connectivity index (χ1n) is 28.0. The fourth-order valence-electron chi connectivity index (χ4n) is 13.9. The van der Waals surface area contributed by atoms with Gasteiger partial charge in [-0.05, 0) is 98.1 Å². The number of hydrogen-bond acceptors (Lipinski definition) is 16. The number of carbonyl (C=O) groups is 3. The predicted molar refractivity (Wildman–Crippen MR) is 301 cm³/mol. The molecule has 2 bridgehead atoms. The van der Waals surface area contributed by atoms with Gasteiger partial charge in [0.15, 0.2) is 11.6 Å². The molecule has 1 spiro atoms. The molecule has 0 saturated carbocycles. The Kier molecular flexibility index (Phi) is 13.1. The highest BCUT2D eigenvalue weighted by Gasteiger charge is 2.48. The molecular weight excluding hydrogens is 1020 g/mol. The summed E-state index contributed by atoms with van der Waals surface area (Å²) in [5.74, 6) is 0.704. The van der Waals surface area contributed by atoms with Crippen LogP contribution in [0.15, 0.2) is 76.9 Å². The van der Waals surface area contributed by atoms with Gasteiger partial charge >= 0.3 is 6.01 Å². The number of aromatic hydroxyl groups is 1. The van der Waals surface area contributed by atoms with Gasteiger partial charge in [-0.3, -0.25) is 24.3 Å². The van der Waals surface area contributed by atoms with E-state index in [-0.39, 0.29) is 65.9 Å². The second-order valence-corrected chi connectivity index (χ2v) is 24.3. The van der Waals surface area contributed by atoms with Crippen molar-refractivity contribution >= 4 is 62.9 Å². The summed E-state index contributed by atoms with van der Waals surface area (Å²) >= 11 is 1.59. The topological polar surface area (TPSA) is 207 Å². The van der Waals surface area contributed by atoms with Crippen LogP contribution in [0.25, 0.3) is 43.4 Å². The average molecular weight is 1090 g/mol. The molecule has 5 aliphatic heterocycles. The highest BCUT2D eigenvalue weighted by molar-refractivity contribution is 7.13. The van der Waals surface area contributed by atoms with E-state index in [4.69, 9.17) is 24.2 Å². The number of aromatic nitrogens is 5. The number of thiazole rings is 1. The fraction of sp³-hybridized carbons (Fsp3) is 0.467. The SMILES string of the molecule is Cc1ncsc1-c1ccc([C@H](C)NC(=O)[C@@H]2C[C@@H](O)CN2C(=O)[C@@H](c2cc(N3CC4(CCN(CCOc5nc(N6CC7CCC(C6)N7C=O)c6cnc7c(c6n5)C(C)c5cccc6cc(O)cc-7c56)CC4)C3)no2)C(C)C)cc1. The third-order valence-electron chi connectivity index (χ3n) is 18.2. The third kappa shape index (κ3) is 9.10. The lowest BCUT2D eigenvalue weighted by molar-refractivity contribution is -0.141. The van der Waals surface area contributed by atoms with Crippen LogP contribution in [-0.2, 0) is 14.4 Å². The Morgan fingerprint density at radius 1 is 0.975 bits per heavy atom. The Morgan fingerprint density at radius 2 is 1.75 bits per heavy atom. The first kappa shape index (κ1) is 51.2. The first-order valence-corrected chi connectivity index (χ1v) is 28.9. The minimum Gasteiger partial charge on any atom is -0.508 e. The average Bonchev–Trinajstić information content (AvgIpc) is 4.31. The molecule has 3 N–H and O–H groups in total. The summed E-state index contributed by atoms with van der Waals surface area (Å²) in [6.07, 6.45) is 6.17. The van der Waals surface area contributed by atoms with Gasteiger partial charge in [0.25, 0.3) is 0 Å². The van der Waals surface area contributed by atoms with Crippen LogP contribution in [-0.4, -0.2) is 151 Å². The molecule has 19 heteroatoms. The van der Waals surface area contributed by atoms with Gasteiger partial charge in [0.1, 0.15) is 30.1 Å². The molecule has 410 valence electrons. The molecule has 6 aliphatic rings. The van der Waals surface area contributed by atoms with E-state index in [1.807, 2.05) is 98.9 Å². The molecule has 79 heavy (non-hydrogen) atoms. The van der Waals surface area contributed by atoms with Crippen molar-refractivity contribution in [2.45, 2.75) is 109 Å². The molecule has 4 aromatic heterocycles. The smallest absolute Gasteiger partial charge is 0.319 e. The number of ether oxygens (including phenoxy) is 1. The summed E-state index contributed by atoms with van der Waals surface area (Å²) in [5, 5.41) is 32.2. The lowest BCUT2D eigenvalue weighted by Gasteiger charge is -2.54. The molecule has 7 atom stereocenters. The van der Waals surface area contributed by atoms with E-state index >= 15 is 0 Å². The molecule has 9 heterocycles. The summed E-state index contributed by atoms with van der Waals surface area (Å²) < 4.78 is 12.5. The number of nitrogens with zero attached hydrogens (tertiary/aromatic N) is 10. The summed E-state index contributed by atoms with van der Waals surface area (Å²) in [4.78, 5) is 71.8. The number of aliphatic hydroxyl groups excluding tert-OH is 1. The normalized spacial score (nSPS) is 23.1. The number of aryl methyl sites for hydroxylation is 1. The van der Waals surface area contributed by atoms with E-state index in [1.54, 1.807) is 11.3 Å². The van der Waals surface area contributed by atoms with Crippen molar-refractivity contribution in [1.82, 2.24) is 45.1 Å². The highest BCUT2D eigenvalue weighted by Crippen LogP contribution is 2.49. The zero-order valence-electron chi connectivity index (χ0n) is 45.3. The van der Waals surface area contributed by atoms with Gasteiger partial charge in [0, 0.05) is 92.5 Å². The van der Waals surface area contributed by atoms with Crippen LogP contribution in [0.4, 0.5) is 11.6 Å². The number of likely N-dealkylation sites (tertiary alicyclic amines) is 2. The zero-order chi connectivity index (χ0) is 54.4. The van der Waals surface area contributed by atoms with Gasteiger partial charge < -0.3 is 44.4 Å². The minimum absolute atomic E-state index is 0.0310. The van der Waals surface area contributed by atoms with Crippen LogP contribution >= 0.6 is 11.3 Å². The predicted octanol–water partition coefficient (Wildman–Crippen LogP) is 7.81. The van der Waals surface area contributed by atoms with Gasteiger partial charge in [0.05, 0.1) is 44.8 Å². The number of aliphatic hydroxyl groups is 1. The number of carbonyl (C=O) groups excluding carboxylic acids is 3. The van der Waals surface area contributed by atoms with Crippen LogP contribution in [0.5, 0.6) is 11.8 Å². The number of phenolic OH excluding ortho intramolecular Hbond substituents is 1. The quantitative estimate of drug-likeness (QED) is 0.0889. The first-order chi connectivity index (χ1) is 38.2. The molecule has 18 nitrogen and oxygen atoms in total. The summed E-state index contributed by atoms with van der Waals surface area (Å²) in [7, 11) is 0. The number of fused-ring (bicyclic) bond motifs is 6. The lowest BCUT2D eigenvalue weighted by Crippen LogP contribution is -2.60. The zero-order valence-corrected chi connectivity index (χ0v) is 46.2. The number of anilines is 2. The van der Waals surface area contributed by atoms with Gasteiger partial charge in [-0.15, -0.1) is 11.3 Å². The third-order valence-corrected chi connectivity index (χ3v) is 19.2. The van der Waals surface area contributed by atoms with Gasteiger partial charge in [0.2, 0.25) is 18.2 Å². The van der Waals surface area contributed by atoms with Crippen molar-refractivity contribution in [2.75, 3.05) is 68.8 Å². The van der Waals surface area contributed by atoms with Gasteiger partial charge in [-0.1, -0.05) is 68.4 Å². The van der Waals surface area contributed by atoms with E-state index in [0.717, 1.165) is 130 Å². The molecule has 3 aromatic carbocycles. The molecule has 5 saturated heterocycles. The Balaban J connectivity index is 0.648. The number of benzene rings is 3. The summed E-state index contributed by atoms with van der Waals surface area (Å²) in [6, 6.07) is 19.2. The van der Waals surface area contributed by atoms with Crippen LogP contribution in [0.1, 0.15) is 106 Å². The Bertz CT molecular complexity index is 3480. The molecule has 13 rings (SSSR count). The number of β-amino-alcohol motifs (C(OH)–C–C–N with tert-alkyl or cyclic N) is 1. The number of amides is 3. The van der Waals surface area contributed by atoms with Crippen molar-refractivity contribution in [3.05, 3.63) is 101 Å². The largest absolute Gasteiger partial charge is 0.508 e. The van der Waals surface area contributed by atoms with Crippen LogP contribution in [0.2, 0.25) is 0 Å². The molecule has 5 fully saturated rings. The number of pyridine rings is 1. The Hall–Kier alpha value is -7.22. The van der Waals surface area contributed by atoms with E-state index in [0.29, 0.717) is 43.8 Å². The van der Waals surface area contributed by atoms with Gasteiger partial charge in [-0.25, -0.2) is 4.98 Å². The number of hydrogen-bond donors (Lipinski definition) is 3. The number of nitrogens with one attached hydrogen (secondary N) is 1. The molecule has 0 radical (unpaired) electrons. The Labute approximate surface area is 462 Å². The van der Waals surface area contributed by atoms with Crippen LogP contribution in [0.3, 0.4) is 0 Å². The maximum Gasteiger partial charge on any atom is 0.319 e. The molecule has 3 unspecified atom stereocenters. The van der Waals surface area contributed by atoms with Crippen molar-refractivity contribution in [3.63, 3.8) is 0 Å². The second-order valence-electron chi connectivity index (χ2n) is 23.5. The van der Waals surface area contributed by atoms with Crippen molar-refractivity contribution in [2.24, 2.45) is 11.3 Å². The lowest BCUT2D eigenvalue weighted by atomic mass is 9.72. The van der Waals surface area contributed by atoms with Crippen molar-refractivity contribution < 1.29 is 33.9 Å². The fourth-order valence-corrected chi connectivity index (χ4v) is 14.7. The standard InChI is InChI=1S/C60H67N11O7S/c1-33(2)50(58(76)70-28-43(74)23-47(70)57(75)63-35(4)37-9-11-38(12-10-37)55-36(5)62-31-79-55)48-24-49(66-78-48)69-29-60(30-69)15-17-67(18-16-60)19-20-77-59-64-54-46(56(65-59)68-26-40-13-14-41(27-68)71(40)32-72)25-61-53-45-22-42(73)21-39-7-6-8-44(52(39)45)34(3)51(53)54/h6-12,21-22,24-25,31-35,40-41,43,47,50,73-74H,13-20,23,26-30H2,1-5H3,(H,63,75)/t34?,35-,40?,41?,43+,47-,50+/m0/s1. The molecule has 3 amide bonds. The van der Waals surface area contributed by atoms with Crippen LogP contribution in [0, 0.1) is 18.3 Å². The van der Waals surface area contributed by atoms with Gasteiger partial charge in [-0.2, -0.15) is 9.97 Å². The van der Waals surface area contributed by atoms with E-state index in [1.165, 1.54) is 4.90 Å². The number of piperazine rings is 1. The van der Waals surface area contributed by atoms with Crippen molar-refractivity contribution in [1.29, 1.82) is 0 Å². The minimum atomic E-state index is -0.821. The van der Waals surface area contributed by atoms with E-state index in [9.17, 15) is 24.6 Å². The van der Waals surface area contributed by atoms with Crippen molar-refractivity contribution in [3.8, 4) is 33.5 Å². The Morgan fingerprint density at radius 3 is 2.47 bits per heavy atom. The summed E-state index contributed by atoms with van der Waals surface area (Å²) in [5.41, 5.74) is 9.60. The van der Waals surface area contributed by atoms with E-state index < -0.39 is 18.1 Å². The number of piperidine rings is 1. The van der Waals surface area contributed by atoms with E-state index in [2.05, 4.69) is 43.1 Å². The number of phenols is 1.